The largest absolute Gasteiger partial charge is 0.394 e. The SMILES string of the molecule is CC(=O)c1cc(F)c(C)cc1N1CC(C)OC(CO)C1. The second-order valence-corrected chi connectivity index (χ2v) is 5.33. The molecule has 1 N–H and O–H groups in total. The van der Waals surface area contributed by atoms with Crippen LogP contribution in [0.4, 0.5) is 10.1 Å². The van der Waals surface area contributed by atoms with Crippen LogP contribution in [0.3, 0.4) is 0 Å². The van der Waals surface area contributed by atoms with Crippen LogP contribution in [0.25, 0.3) is 0 Å². The molecule has 2 atom stereocenters. The monoisotopic (exact) mass is 281 g/mol. The Labute approximate surface area is 118 Å². The van der Waals surface area contributed by atoms with Gasteiger partial charge in [-0.3, -0.25) is 4.79 Å². The predicted molar refractivity (Wildman–Crippen MR) is 74.8 cm³/mol. The van der Waals surface area contributed by atoms with Crippen molar-refractivity contribution in [2.75, 3.05) is 24.6 Å². The fraction of sp³-hybridized carbons (Fsp3) is 0.533. The van der Waals surface area contributed by atoms with E-state index in [2.05, 4.69) is 0 Å². The molecule has 20 heavy (non-hydrogen) atoms. The van der Waals surface area contributed by atoms with Gasteiger partial charge < -0.3 is 14.7 Å². The van der Waals surface area contributed by atoms with Gasteiger partial charge in [-0.05, 0) is 38.5 Å². The molecular formula is C15H20FNO3. The molecule has 0 amide bonds. The van der Waals surface area contributed by atoms with Crippen LogP contribution >= 0.6 is 0 Å². The lowest BCUT2D eigenvalue weighted by Gasteiger charge is -2.38. The van der Waals surface area contributed by atoms with Crippen molar-refractivity contribution in [3.8, 4) is 0 Å². The van der Waals surface area contributed by atoms with Gasteiger partial charge in [0.2, 0.25) is 0 Å². The molecule has 2 rings (SSSR count). The highest BCUT2D eigenvalue weighted by Crippen LogP contribution is 2.27. The van der Waals surface area contributed by atoms with Crippen molar-refractivity contribution in [1.29, 1.82) is 0 Å². The number of aliphatic hydroxyl groups excluding tert-OH is 1. The Morgan fingerprint density at radius 3 is 2.80 bits per heavy atom. The Hall–Kier alpha value is -1.46. The maximum atomic E-state index is 13.7. The molecule has 1 aromatic carbocycles. The van der Waals surface area contributed by atoms with Gasteiger partial charge in [0.05, 0.1) is 18.8 Å². The highest BCUT2D eigenvalue weighted by Gasteiger charge is 2.27. The zero-order valence-electron chi connectivity index (χ0n) is 12.0. The summed E-state index contributed by atoms with van der Waals surface area (Å²) in [5, 5.41) is 9.27. The summed E-state index contributed by atoms with van der Waals surface area (Å²) in [6, 6.07) is 2.99. The predicted octanol–water partition coefficient (Wildman–Crippen LogP) is 1.92. The number of halogens is 1. The van der Waals surface area contributed by atoms with Crippen LogP contribution in [-0.2, 0) is 4.74 Å². The molecule has 0 spiro atoms. The Kier molecular flexibility index (Phi) is 4.40. The molecule has 1 fully saturated rings. The Bertz CT molecular complexity index is 518. The third-order valence-electron chi connectivity index (χ3n) is 3.53. The van der Waals surface area contributed by atoms with Crippen molar-refractivity contribution in [3.63, 3.8) is 0 Å². The van der Waals surface area contributed by atoms with Crippen molar-refractivity contribution >= 4 is 11.5 Å². The summed E-state index contributed by atoms with van der Waals surface area (Å²) in [5.41, 5.74) is 1.59. The van der Waals surface area contributed by atoms with Gasteiger partial charge in [0, 0.05) is 24.3 Å². The van der Waals surface area contributed by atoms with Crippen molar-refractivity contribution < 1.29 is 19.0 Å². The number of ketones is 1. The van der Waals surface area contributed by atoms with E-state index in [0.29, 0.717) is 29.9 Å². The number of Topliss-reactive ketones (excluding diaryl/α,β-unsaturated/α-hetero) is 1. The van der Waals surface area contributed by atoms with Gasteiger partial charge in [-0.1, -0.05) is 0 Å². The van der Waals surface area contributed by atoms with E-state index < -0.39 is 0 Å². The number of aryl methyl sites for hydroxylation is 1. The molecule has 0 aliphatic carbocycles. The van der Waals surface area contributed by atoms with E-state index in [4.69, 9.17) is 4.74 Å². The quantitative estimate of drug-likeness (QED) is 0.860. The van der Waals surface area contributed by atoms with E-state index in [1.165, 1.54) is 13.0 Å². The van der Waals surface area contributed by atoms with Crippen LogP contribution in [-0.4, -0.2) is 42.8 Å². The van der Waals surface area contributed by atoms with E-state index in [-0.39, 0.29) is 30.4 Å². The summed E-state index contributed by atoms with van der Waals surface area (Å²) in [7, 11) is 0. The molecule has 1 aliphatic rings. The van der Waals surface area contributed by atoms with E-state index in [1.807, 2.05) is 11.8 Å². The molecule has 0 saturated carbocycles. The third-order valence-corrected chi connectivity index (χ3v) is 3.53. The van der Waals surface area contributed by atoms with Crippen LogP contribution in [0, 0.1) is 12.7 Å². The second-order valence-electron chi connectivity index (χ2n) is 5.33. The van der Waals surface area contributed by atoms with E-state index in [9.17, 15) is 14.3 Å². The van der Waals surface area contributed by atoms with Gasteiger partial charge in [0.1, 0.15) is 5.82 Å². The third kappa shape index (κ3) is 2.99. The summed E-state index contributed by atoms with van der Waals surface area (Å²) < 4.78 is 19.3. The molecule has 1 aliphatic heterocycles. The highest BCUT2D eigenvalue weighted by molar-refractivity contribution is 6.00. The van der Waals surface area contributed by atoms with Crippen molar-refractivity contribution in [2.45, 2.75) is 33.0 Å². The normalized spacial score (nSPS) is 22.9. The van der Waals surface area contributed by atoms with Gasteiger partial charge in [-0.15, -0.1) is 0 Å². The summed E-state index contributed by atoms with van der Waals surface area (Å²) in [5.74, 6) is -0.544. The number of nitrogens with zero attached hydrogens (tertiary/aromatic N) is 1. The van der Waals surface area contributed by atoms with Crippen molar-refractivity contribution in [1.82, 2.24) is 0 Å². The average molecular weight is 281 g/mol. The summed E-state index contributed by atoms with van der Waals surface area (Å²) in [6.45, 7) is 6.06. The lowest BCUT2D eigenvalue weighted by Crippen LogP contribution is -2.48. The lowest BCUT2D eigenvalue weighted by molar-refractivity contribution is -0.0421. The Morgan fingerprint density at radius 1 is 1.50 bits per heavy atom. The number of hydrogen-bond donors (Lipinski definition) is 1. The minimum Gasteiger partial charge on any atom is -0.394 e. The topological polar surface area (TPSA) is 49.8 Å². The smallest absolute Gasteiger partial charge is 0.161 e. The minimum atomic E-state index is -0.376. The zero-order chi connectivity index (χ0) is 14.9. The lowest BCUT2D eigenvalue weighted by atomic mass is 10.0. The summed E-state index contributed by atoms with van der Waals surface area (Å²) in [6.07, 6.45) is -0.338. The Morgan fingerprint density at radius 2 is 2.20 bits per heavy atom. The molecule has 2 unspecified atom stereocenters. The van der Waals surface area contributed by atoms with Crippen LogP contribution in [0.2, 0.25) is 0 Å². The second kappa shape index (κ2) is 5.89. The maximum Gasteiger partial charge on any atom is 0.161 e. The number of ether oxygens (including phenoxy) is 1. The number of anilines is 1. The number of aliphatic hydroxyl groups is 1. The molecule has 0 radical (unpaired) electrons. The van der Waals surface area contributed by atoms with Crippen LogP contribution in [0.1, 0.15) is 29.8 Å². The van der Waals surface area contributed by atoms with Gasteiger partial charge in [-0.25, -0.2) is 4.39 Å². The minimum absolute atomic E-state index is 0.0499. The first-order valence-electron chi connectivity index (χ1n) is 6.74. The molecule has 1 saturated heterocycles. The molecule has 1 aromatic rings. The number of carbonyl (C=O) groups is 1. The maximum absolute atomic E-state index is 13.7. The fourth-order valence-corrected chi connectivity index (χ4v) is 2.55. The first-order valence-corrected chi connectivity index (χ1v) is 6.74. The van der Waals surface area contributed by atoms with Gasteiger partial charge >= 0.3 is 0 Å². The Balaban J connectivity index is 2.40. The summed E-state index contributed by atoms with van der Waals surface area (Å²) >= 11 is 0. The number of carbonyl (C=O) groups excluding carboxylic acids is 1. The van der Waals surface area contributed by atoms with Crippen LogP contribution in [0.15, 0.2) is 12.1 Å². The van der Waals surface area contributed by atoms with Gasteiger partial charge in [0.25, 0.3) is 0 Å². The molecule has 0 aromatic heterocycles. The number of morpholine rings is 1. The zero-order valence-corrected chi connectivity index (χ0v) is 12.0. The fourth-order valence-electron chi connectivity index (χ4n) is 2.55. The van der Waals surface area contributed by atoms with Gasteiger partial charge in [0.15, 0.2) is 5.78 Å². The van der Waals surface area contributed by atoms with Gasteiger partial charge in [-0.2, -0.15) is 0 Å². The van der Waals surface area contributed by atoms with Crippen molar-refractivity contribution in [2.24, 2.45) is 0 Å². The summed E-state index contributed by atoms with van der Waals surface area (Å²) in [4.78, 5) is 13.7. The average Bonchev–Trinajstić information content (AvgIpc) is 2.40. The number of benzene rings is 1. The first kappa shape index (κ1) is 14.9. The van der Waals surface area contributed by atoms with Crippen LogP contribution < -0.4 is 4.90 Å². The molecule has 0 bridgehead atoms. The van der Waals surface area contributed by atoms with E-state index >= 15 is 0 Å². The van der Waals surface area contributed by atoms with E-state index in [1.54, 1.807) is 13.0 Å². The number of rotatable bonds is 3. The molecule has 110 valence electrons. The van der Waals surface area contributed by atoms with Crippen molar-refractivity contribution in [3.05, 3.63) is 29.1 Å². The molecule has 4 nitrogen and oxygen atoms in total. The highest BCUT2D eigenvalue weighted by atomic mass is 19.1. The molecule has 5 heteroatoms. The van der Waals surface area contributed by atoms with Crippen LogP contribution in [0.5, 0.6) is 0 Å². The number of hydrogen-bond acceptors (Lipinski definition) is 4. The standard InChI is InChI=1S/C15H20FNO3/c1-9-4-15(13(11(3)19)5-14(9)16)17-6-10(2)20-12(7-17)8-18/h4-5,10,12,18H,6-8H2,1-3H3. The van der Waals surface area contributed by atoms with E-state index in [0.717, 1.165) is 0 Å². The first-order chi connectivity index (χ1) is 9.42. The molecular weight excluding hydrogens is 261 g/mol. The molecule has 1 heterocycles.